The Morgan fingerprint density at radius 3 is 2.96 bits per heavy atom. The number of aliphatic imine (C=N–C) groups is 1. The van der Waals surface area contributed by atoms with Gasteiger partial charge in [0.25, 0.3) is 0 Å². The molecule has 4 nitrogen and oxygen atoms in total. The normalized spacial score (nSPS) is 31.5. The lowest BCUT2D eigenvalue weighted by Gasteiger charge is -2.34. The molecular weight excluding hydrogens is 308 g/mol. The fourth-order valence-electron chi connectivity index (χ4n) is 4.06. The molecule has 3 atom stereocenters. The van der Waals surface area contributed by atoms with Crippen molar-refractivity contribution >= 4 is 6.21 Å². The maximum absolute atomic E-state index is 9.21. The van der Waals surface area contributed by atoms with E-state index in [1.807, 2.05) is 12.3 Å². The van der Waals surface area contributed by atoms with Crippen LogP contribution in [0.4, 0.5) is 0 Å². The van der Waals surface area contributed by atoms with E-state index in [0.717, 1.165) is 37.9 Å². The average Bonchev–Trinajstić information content (AvgIpc) is 2.69. The molecule has 2 aliphatic carbocycles. The molecule has 0 spiro atoms. The number of rotatable bonds is 3. The molecule has 0 amide bonds. The number of nitrogens with zero attached hydrogens (tertiary/aromatic N) is 2. The molecule has 0 aromatic heterocycles. The minimum atomic E-state index is 0.290. The highest BCUT2D eigenvalue weighted by molar-refractivity contribution is 5.70. The van der Waals surface area contributed by atoms with E-state index in [2.05, 4.69) is 58.3 Å². The number of allylic oxidation sites excluding steroid dienone is 9. The molecule has 3 unspecified atom stereocenters. The van der Waals surface area contributed by atoms with E-state index in [-0.39, 0.29) is 5.92 Å². The second kappa shape index (κ2) is 7.25. The summed E-state index contributed by atoms with van der Waals surface area (Å²) in [5.74, 6) is 0.950. The second-order valence-corrected chi connectivity index (χ2v) is 7.16. The van der Waals surface area contributed by atoms with Crippen LogP contribution >= 0.6 is 0 Å². The molecule has 25 heavy (non-hydrogen) atoms. The van der Waals surface area contributed by atoms with Gasteiger partial charge >= 0.3 is 0 Å². The molecule has 0 radical (unpaired) electrons. The predicted octanol–water partition coefficient (Wildman–Crippen LogP) is 3.01. The molecule has 2 N–H and O–H groups in total. The Balaban J connectivity index is 1.60. The van der Waals surface area contributed by atoms with E-state index in [1.54, 1.807) is 0 Å². The highest BCUT2D eigenvalue weighted by Gasteiger charge is 2.29. The fraction of sp³-hybridized carbons (Fsp3) is 0.429. The van der Waals surface area contributed by atoms with Gasteiger partial charge in [-0.05, 0) is 50.1 Å². The number of nitrogens with one attached hydrogen (secondary N) is 2. The van der Waals surface area contributed by atoms with Crippen molar-refractivity contribution in [2.45, 2.75) is 25.3 Å². The van der Waals surface area contributed by atoms with Gasteiger partial charge in [0.2, 0.25) is 0 Å². The molecule has 0 bridgehead atoms. The summed E-state index contributed by atoms with van der Waals surface area (Å²) in [5.41, 5.74) is 3.36. The highest BCUT2D eigenvalue weighted by atomic mass is 15.0. The summed E-state index contributed by atoms with van der Waals surface area (Å²) in [5, 5.41) is 16.4. The lowest BCUT2D eigenvalue weighted by molar-refractivity contribution is 0.397. The summed E-state index contributed by atoms with van der Waals surface area (Å²) in [7, 11) is 0. The van der Waals surface area contributed by atoms with Crippen LogP contribution in [0, 0.1) is 29.1 Å². The van der Waals surface area contributed by atoms with Crippen LogP contribution in [0.3, 0.4) is 0 Å². The molecule has 0 aromatic carbocycles. The third-order valence-corrected chi connectivity index (χ3v) is 5.46. The summed E-state index contributed by atoms with van der Waals surface area (Å²) in [6.45, 7) is 2.16. The van der Waals surface area contributed by atoms with Gasteiger partial charge in [0.1, 0.15) is 0 Å². The molecule has 0 aromatic rings. The minimum Gasteiger partial charge on any atom is -0.385 e. The maximum Gasteiger partial charge on any atom is 0.0988 e. The van der Waals surface area contributed by atoms with Crippen LogP contribution in [0.1, 0.15) is 19.3 Å². The van der Waals surface area contributed by atoms with Gasteiger partial charge in [-0.1, -0.05) is 24.3 Å². The van der Waals surface area contributed by atoms with Crippen LogP contribution < -0.4 is 10.6 Å². The smallest absolute Gasteiger partial charge is 0.0988 e. The Morgan fingerprint density at radius 2 is 2.12 bits per heavy atom. The Morgan fingerprint density at radius 1 is 1.24 bits per heavy atom. The third-order valence-electron chi connectivity index (χ3n) is 5.46. The standard InChI is InChI=1S/C21H24N4/c22-13-15-2-1-3-16(10-15)18-11-17-4-7-24-14-20(17)21(12-18)25-19-5-8-23-9-6-19/h1-2,4,7,10-12,14,16-17,19-20,23,25H,3,5-6,8-9H2. The van der Waals surface area contributed by atoms with Gasteiger partial charge in [-0.2, -0.15) is 5.26 Å². The van der Waals surface area contributed by atoms with E-state index in [9.17, 15) is 5.26 Å². The minimum absolute atomic E-state index is 0.290. The first-order chi connectivity index (χ1) is 12.3. The molecule has 4 rings (SSSR count). The van der Waals surface area contributed by atoms with Gasteiger partial charge in [0.15, 0.2) is 0 Å². The first-order valence-corrected chi connectivity index (χ1v) is 9.22. The molecule has 1 saturated heterocycles. The van der Waals surface area contributed by atoms with Crippen LogP contribution in [0.15, 0.2) is 64.5 Å². The summed E-state index contributed by atoms with van der Waals surface area (Å²) < 4.78 is 0. The largest absolute Gasteiger partial charge is 0.385 e. The van der Waals surface area contributed by atoms with E-state index in [0.29, 0.717) is 17.9 Å². The zero-order valence-corrected chi connectivity index (χ0v) is 14.4. The van der Waals surface area contributed by atoms with Gasteiger partial charge in [-0.15, -0.1) is 0 Å². The zero-order valence-electron chi connectivity index (χ0n) is 14.4. The van der Waals surface area contributed by atoms with Crippen LogP contribution in [-0.4, -0.2) is 25.3 Å². The summed E-state index contributed by atoms with van der Waals surface area (Å²) in [6, 6.07) is 2.81. The lowest BCUT2D eigenvalue weighted by Crippen LogP contribution is -2.42. The molecule has 1 fully saturated rings. The maximum atomic E-state index is 9.21. The van der Waals surface area contributed by atoms with E-state index in [1.165, 1.54) is 11.3 Å². The van der Waals surface area contributed by atoms with Crippen LogP contribution in [0.5, 0.6) is 0 Å². The lowest BCUT2D eigenvalue weighted by atomic mass is 9.77. The Kier molecular flexibility index (Phi) is 4.67. The molecule has 128 valence electrons. The van der Waals surface area contributed by atoms with Crippen molar-refractivity contribution in [3.8, 4) is 6.07 Å². The van der Waals surface area contributed by atoms with Crippen molar-refractivity contribution in [1.29, 1.82) is 5.26 Å². The van der Waals surface area contributed by atoms with Gasteiger partial charge in [0, 0.05) is 47.5 Å². The number of hydrogen-bond acceptors (Lipinski definition) is 4. The number of hydrogen-bond donors (Lipinski definition) is 2. The first kappa shape index (κ1) is 16.1. The second-order valence-electron chi connectivity index (χ2n) is 7.16. The summed E-state index contributed by atoms with van der Waals surface area (Å²) in [4.78, 5) is 4.37. The Hall–Kier alpha value is -2.38. The van der Waals surface area contributed by atoms with Gasteiger partial charge in [-0.25, -0.2) is 0 Å². The van der Waals surface area contributed by atoms with Gasteiger partial charge in [-0.3, -0.25) is 4.99 Å². The topological polar surface area (TPSA) is 60.2 Å². The van der Waals surface area contributed by atoms with Gasteiger partial charge < -0.3 is 10.6 Å². The zero-order chi connectivity index (χ0) is 17.1. The van der Waals surface area contributed by atoms with E-state index >= 15 is 0 Å². The molecule has 4 heteroatoms. The molecule has 0 saturated carbocycles. The van der Waals surface area contributed by atoms with E-state index in [4.69, 9.17) is 0 Å². The van der Waals surface area contributed by atoms with Crippen LogP contribution in [0.25, 0.3) is 0 Å². The van der Waals surface area contributed by atoms with Crippen molar-refractivity contribution < 1.29 is 0 Å². The number of fused-ring (bicyclic) bond motifs is 1. The van der Waals surface area contributed by atoms with Crippen molar-refractivity contribution in [3.63, 3.8) is 0 Å². The van der Waals surface area contributed by atoms with Crippen molar-refractivity contribution in [1.82, 2.24) is 10.6 Å². The molecule has 2 heterocycles. The summed E-state index contributed by atoms with van der Waals surface area (Å²) >= 11 is 0. The van der Waals surface area contributed by atoms with E-state index < -0.39 is 0 Å². The first-order valence-electron chi connectivity index (χ1n) is 9.22. The SMILES string of the molecule is N#CC1=CC(C2=CC3C=CN=CC3C(NC3CCNCC3)=C2)CC=C1. The average molecular weight is 332 g/mol. The summed E-state index contributed by atoms with van der Waals surface area (Å²) in [6.07, 6.45) is 20.2. The molecule has 2 aliphatic heterocycles. The fourth-order valence-corrected chi connectivity index (χ4v) is 4.06. The monoisotopic (exact) mass is 332 g/mol. The van der Waals surface area contributed by atoms with Crippen molar-refractivity contribution in [2.75, 3.05) is 13.1 Å². The Bertz CT molecular complexity index is 738. The number of piperidine rings is 1. The Labute approximate surface area is 149 Å². The van der Waals surface area contributed by atoms with Crippen molar-refractivity contribution in [3.05, 3.63) is 59.5 Å². The molecular formula is C21H24N4. The molecule has 4 aliphatic rings. The third kappa shape index (κ3) is 3.52. The van der Waals surface area contributed by atoms with Crippen LogP contribution in [-0.2, 0) is 0 Å². The quantitative estimate of drug-likeness (QED) is 0.835. The highest BCUT2D eigenvalue weighted by Crippen LogP contribution is 2.35. The number of nitriles is 1. The van der Waals surface area contributed by atoms with Crippen LogP contribution in [0.2, 0.25) is 0 Å². The van der Waals surface area contributed by atoms with Gasteiger partial charge in [0.05, 0.1) is 6.07 Å². The van der Waals surface area contributed by atoms with Crippen molar-refractivity contribution in [2.24, 2.45) is 22.7 Å². The predicted molar refractivity (Wildman–Crippen MR) is 101 cm³/mol.